The summed E-state index contributed by atoms with van der Waals surface area (Å²) in [6.07, 6.45) is 0. The van der Waals surface area contributed by atoms with Gasteiger partial charge in [-0.15, -0.1) is 0 Å². The van der Waals surface area contributed by atoms with Crippen molar-refractivity contribution in [2.75, 3.05) is 23.8 Å². The van der Waals surface area contributed by atoms with Gasteiger partial charge in [-0.05, 0) is 42.5 Å². The van der Waals surface area contributed by atoms with Crippen molar-refractivity contribution in [3.8, 4) is 11.5 Å². The molecular formula is C22H19ClN2O4. The quantitative estimate of drug-likeness (QED) is 0.578. The first-order valence-electron chi connectivity index (χ1n) is 8.85. The topological polar surface area (TPSA) is 76.7 Å². The fourth-order valence-corrected chi connectivity index (χ4v) is 2.64. The summed E-state index contributed by atoms with van der Waals surface area (Å²) >= 11 is 6.21. The molecule has 148 valence electrons. The lowest BCUT2D eigenvalue weighted by molar-refractivity contribution is -0.118. The van der Waals surface area contributed by atoms with E-state index >= 15 is 0 Å². The van der Waals surface area contributed by atoms with Gasteiger partial charge in [-0.25, -0.2) is 0 Å². The van der Waals surface area contributed by atoms with E-state index in [4.69, 9.17) is 21.1 Å². The van der Waals surface area contributed by atoms with Gasteiger partial charge < -0.3 is 20.1 Å². The molecule has 0 spiro atoms. The maximum absolute atomic E-state index is 12.0. The zero-order chi connectivity index (χ0) is 20.5. The average molecular weight is 411 g/mol. The van der Waals surface area contributed by atoms with Crippen molar-refractivity contribution in [2.24, 2.45) is 0 Å². The van der Waals surface area contributed by atoms with E-state index in [9.17, 15) is 9.59 Å². The highest BCUT2D eigenvalue weighted by Crippen LogP contribution is 2.25. The Morgan fingerprint density at radius 1 is 0.724 bits per heavy atom. The number of hydrogen-bond donors (Lipinski definition) is 2. The number of amides is 2. The molecule has 3 aromatic carbocycles. The maximum atomic E-state index is 12.0. The third-order valence-corrected chi connectivity index (χ3v) is 4.07. The Balaban J connectivity index is 1.48. The Hall–Kier alpha value is -3.51. The average Bonchev–Trinajstić information content (AvgIpc) is 2.74. The van der Waals surface area contributed by atoms with E-state index in [0.29, 0.717) is 27.9 Å². The monoisotopic (exact) mass is 410 g/mol. The number of anilines is 2. The lowest BCUT2D eigenvalue weighted by atomic mass is 10.2. The number of carbonyl (C=O) groups excluding carboxylic acids is 2. The minimum Gasteiger partial charge on any atom is -0.484 e. The summed E-state index contributed by atoms with van der Waals surface area (Å²) < 4.78 is 10.8. The lowest BCUT2D eigenvalue weighted by Crippen LogP contribution is -2.21. The molecule has 0 aliphatic heterocycles. The van der Waals surface area contributed by atoms with E-state index < -0.39 is 0 Å². The molecule has 0 fully saturated rings. The SMILES string of the molecule is O=C(COc1ccccc1)Nc1ccc(NC(=O)COc2ccccc2)c(Cl)c1. The Morgan fingerprint density at radius 3 is 1.76 bits per heavy atom. The van der Waals surface area contributed by atoms with Gasteiger partial charge in [-0.3, -0.25) is 9.59 Å². The lowest BCUT2D eigenvalue weighted by Gasteiger charge is -2.11. The van der Waals surface area contributed by atoms with E-state index in [-0.39, 0.29) is 25.0 Å². The largest absolute Gasteiger partial charge is 0.484 e. The molecule has 0 heterocycles. The summed E-state index contributed by atoms with van der Waals surface area (Å²) in [7, 11) is 0. The molecule has 3 aromatic rings. The zero-order valence-corrected chi connectivity index (χ0v) is 16.2. The first-order valence-corrected chi connectivity index (χ1v) is 9.23. The predicted molar refractivity (Wildman–Crippen MR) is 113 cm³/mol. The van der Waals surface area contributed by atoms with Crippen LogP contribution >= 0.6 is 11.6 Å². The summed E-state index contributed by atoms with van der Waals surface area (Å²) in [5.41, 5.74) is 0.919. The van der Waals surface area contributed by atoms with Gasteiger partial charge in [0.1, 0.15) is 11.5 Å². The van der Waals surface area contributed by atoms with Crippen LogP contribution in [0.2, 0.25) is 5.02 Å². The molecule has 3 rings (SSSR count). The van der Waals surface area contributed by atoms with E-state index in [0.717, 1.165) is 0 Å². The number of nitrogens with one attached hydrogen (secondary N) is 2. The van der Waals surface area contributed by atoms with Crippen molar-refractivity contribution < 1.29 is 19.1 Å². The molecule has 7 heteroatoms. The normalized spacial score (nSPS) is 10.1. The summed E-state index contributed by atoms with van der Waals surface area (Å²) in [6, 6.07) is 22.9. The van der Waals surface area contributed by atoms with Crippen LogP contribution in [0.4, 0.5) is 11.4 Å². The van der Waals surface area contributed by atoms with Crippen molar-refractivity contribution in [1.29, 1.82) is 0 Å². The second kappa shape index (κ2) is 10.1. The molecule has 0 saturated heterocycles. The van der Waals surface area contributed by atoms with E-state index in [2.05, 4.69) is 10.6 Å². The number of rotatable bonds is 8. The van der Waals surface area contributed by atoms with Crippen LogP contribution in [0.1, 0.15) is 0 Å². The molecule has 6 nitrogen and oxygen atoms in total. The molecule has 0 radical (unpaired) electrons. The van der Waals surface area contributed by atoms with Crippen molar-refractivity contribution in [3.05, 3.63) is 83.9 Å². The third-order valence-electron chi connectivity index (χ3n) is 3.75. The number of ether oxygens (including phenoxy) is 2. The van der Waals surface area contributed by atoms with Crippen molar-refractivity contribution in [1.82, 2.24) is 0 Å². The molecule has 0 aromatic heterocycles. The van der Waals surface area contributed by atoms with Gasteiger partial charge in [-0.1, -0.05) is 48.0 Å². The molecule has 0 atom stereocenters. The molecule has 0 unspecified atom stereocenters. The van der Waals surface area contributed by atoms with Gasteiger partial charge in [0.25, 0.3) is 11.8 Å². The smallest absolute Gasteiger partial charge is 0.262 e. The van der Waals surface area contributed by atoms with Crippen molar-refractivity contribution in [2.45, 2.75) is 0 Å². The van der Waals surface area contributed by atoms with Crippen LogP contribution in [0.3, 0.4) is 0 Å². The van der Waals surface area contributed by atoms with Gasteiger partial charge in [0.15, 0.2) is 13.2 Å². The van der Waals surface area contributed by atoms with Crippen LogP contribution in [-0.2, 0) is 9.59 Å². The molecule has 0 bridgehead atoms. The Bertz CT molecular complexity index is 965. The van der Waals surface area contributed by atoms with Crippen LogP contribution in [0.15, 0.2) is 78.9 Å². The van der Waals surface area contributed by atoms with Crippen LogP contribution < -0.4 is 20.1 Å². The van der Waals surface area contributed by atoms with Crippen LogP contribution in [-0.4, -0.2) is 25.0 Å². The summed E-state index contributed by atoms with van der Waals surface area (Å²) in [5.74, 6) is 0.544. The van der Waals surface area contributed by atoms with Gasteiger partial charge in [0.05, 0.1) is 10.7 Å². The van der Waals surface area contributed by atoms with Gasteiger partial charge in [0.2, 0.25) is 0 Å². The van der Waals surface area contributed by atoms with Crippen LogP contribution in [0.5, 0.6) is 11.5 Å². The number of halogens is 1. The number of carbonyl (C=O) groups is 2. The molecule has 0 aliphatic rings. The van der Waals surface area contributed by atoms with Gasteiger partial charge in [-0.2, -0.15) is 0 Å². The highest BCUT2D eigenvalue weighted by Gasteiger charge is 2.09. The number of benzene rings is 3. The minimum absolute atomic E-state index is 0.128. The fourth-order valence-electron chi connectivity index (χ4n) is 2.41. The molecule has 2 amide bonds. The third kappa shape index (κ3) is 6.55. The number of hydrogen-bond acceptors (Lipinski definition) is 4. The summed E-state index contributed by atoms with van der Waals surface area (Å²) in [5, 5.41) is 5.66. The molecule has 29 heavy (non-hydrogen) atoms. The van der Waals surface area contributed by atoms with E-state index in [1.54, 1.807) is 42.5 Å². The first-order chi connectivity index (χ1) is 14.1. The first kappa shape index (κ1) is 20.2. The van der Waals surface area contributed by atoms with E-state index in [1.165, 1.54) is 0 Å². The van der Waals surface area contributed by atoms with E-state index in [1.807, 2.05) is 36.4 Å². The molecule has 0 aliphatic carbocycles. The second-order valence-corrected chi connectivity index (χ2v) is 6.40. The maximum Gasteiger partial charge on any atom is 0.262 e. The molecular weight excluding hydrogens is 392 g/mol. The summed E-state index contributed by atoms with van der Waals surface area (Å²) in [6.45, 7) is -0.271. The van der Waals surface area contributed by atoms with Crippen LogP contribution in [0, 0.1) is 0 Å². The van der Waals surface area contributed by atoms with Crippen LogP contribution in [0.25, 0.3) is 0 Å². The molecule has 0 saturated carbocycles. The van der Waals surface area contributed by atoms with Crippen molar-refractivity contribution >= 4 is 34.8 Å². The summed E-state index contributed by atoms with van der Waals surface area (Å²) in [4.78, 5) is 24.1. The van der Waals surface area contributed by atoms with Gasteiger partial charge >= 0.3 is 0 Å². The Kier molecular flexibility index (Phi) is 7.08. The number of para-hydroxylation sites is 2. The van der Waals surface area contributed by atoms with Crippen molar-refractivity contribution in [3.63, 3.8) is 0 Å². The zero-order valence-electron chi connectivity index (χ0n) is 15.4. The fraction of sp³-hybridized carbons (Fsp3) is 0.0909. The standard InChI is InChI=1S/C22H19ClN2O4/c23-19-13-16(24-21(26)14-28-17-7-3-1-4-8-17)11-12-20(19)25-22(27)15-29-18-9-5-2-6-10-18/h1-13H,14-15H2,(H,24,26)(H,25,27). The minimum atomic E-state index is -0.344. The highest BCUT2D eigenvalue weighted by molar-refractivity contribution is 6.34. The Labute approximate surface area is 173 Å². The van der Waals surface area contributed by atoms with Gasteiger partial charge in [0, 0.05) is 5.69 Å². The Morgan fingerprint density at radius 2 is 1.24 bits per heavy atom. The molecule has 2 N–H and O–H groups in total. The highest BCUT2D eigenvalue weighted by atomic mass is 35.5. The predicted octanol–water partition coefficient (Wildman–Crippen LogP) is 4.38. The second-order valence-electron chi connectivity index (χ2n) is 5.99.